The Kier molecular flexibility index (Phi) is 4.44. The molecule has 0 spiro atoms. The van der Waals surface area contributed by atoms with E-state index in [1.807, 2.05) is 35.2 Å². The predicted molar refractivity (Wildman–Crippen MR) is 91.7 cm³/mol. The van der Waals surface area contributed by atoms with Gasteiger partial charge in [-0.25, -0.2) is 9.97 Å². The highest BCUT2D eigenvalue weighted by atomic mass is 32.2. The monoisotopic (exact) mass is 310 g/mol. The first-order valence-electron chi connectivity index (χ1n) is 7.08. The first kappa shape index (κ1) is 14.7. The molecule has 0 unspecified atom stereocenters. The number of aromatic nitrogens is 3. The minimum atomic E-state index is 0.880. The number of hydrogen-bond donors (Lipinski definition) is 0. The molecule has 112 valence electrons. The van der Waals surface area contributed by atoms with Gasteiger partial charge in [-0.3, -0.25) is 4.57 Å². The molecule has 22 heavy (non-hydrogen) atoms. The normalized spacial score (nSPS) is 10.6. The van der Waals surface area contributed by atoms with Gasteiger partial charge in [-0.1, -0.05) is 30.0 Å². The Morgan fingerprint density at radius 1 is 1.05 bits per heavy atom. The molecule has 0 amide bonds. The number of benzene rings is 1. The second-order valence-corrected chi connectivity index (χ2v) is 6.06. The predicted octanol–water partition coefficient (Wildman–Crippen LogP) is 3.63. The minimum absolute atomic E-state index is 0.880. The van der Waals surface area contributed by atoms with Gasteiger partial charge in [-0.05, 0) is 29.8 Å². The Morgan fingerprint density at radius 2 is 1.95 bits per heavy atom. The molecule has 0 radical (unpaired) electrons. The maximum absolute atomic E-state index is 4.44. The molecule has 3 rings (SSSR count). The van der Waals surface area contributed by atoms with Gasteiger partial charge in [0.05, 0.1) is 0 Å². The average molecular weight is 310 g/mol. The molecule has 2 heterocycles. The first-order chi connectivity index (χ1) is 10.7. The fourth-order valence-corrected chi connectivity index (χ4v) is 3.04. The van der Waals surface area contributed by atoms with E-state index in [1.165, 1.54) is 11.3 Å². The van der Waals surface area contributed by atoms with Crippen LogP contribution in [-0.4, -0.2) is 28.6 Å². The molecule has 0 aliphatic heterocycles. The van der Waals surface area contributed by atoms with E-state index >= 15 is 0 Å². The van der Waals surface area contributed by atoms with E-state index in [-0.39, 0.29) is 0 Å². The number of nitrogens with zero attached hydrogens (tertiary/aromatic N) is 4. The summed E-state index contributed by atoms with van der Waals surface area (Å²) in [6.45, 7) is 0. The zero-order valence-electron chi connectivity index (χ0n) is 12.7. The van der Waals surface area contributed by atoms with Crippen molar-refractivity contribution in [1.29, 1.82) is 0 Å². The third-order valence-electron chi connectivity index (χ3n) is 3.30. The van der Waals surface area contributed by atoms with Crippen LogP contribution in [0.2, 0.25) is 0 Å². The van der Waals surface area contributed by atoms with Gasteiger partial charge in [-0.15, -0.1) is 0 Å². The molecule has 0 N–H and O–H groups in total. The van der Waals surface area contributed by atoms with Crippen LogP contribution in [0.4, 0.5) is 5.69 Å². The summed E-state index contributed by atoms with van der Waals surface area (Å²) in [6, 6.07) is 14.4. The third kappa shape index (κ3) is 3.31. The van der Waals surface area contributed by atoms with Crippen LogP contribution in [0.1, 0.15) is 5.56 Å². The maximum Gasteiger partial charge on any atom is 0.174 e. The van der Waals surface area contributed by atoms with Crippen molar-refractivity contribution >= 4 is 17.4 Å². The number of rotatable bonds is 5. The summed E-state index contributed by atoms with van der Waals surface area (Å²) in [5, 5.41) is 0.953. The lowest BCUT2D eigenvalue weighted by Gasteiger charge is -2.13. The molecule has 0 bridgehead atoms. The second kappa shape index (κ2) is 6.66. The molecule has 1 aromatic carbocycles. The van der Waals surface area contributed by atoms with Crippen LogP contribution >= 0.6 is 11.8 Å². The van der Waals surface area contributed by atoms with Crippen molar-refractivity contribution < 1.29 is 0 Å². The Balaban J connectivity index is 1.75. The second-order valence-electron chi connectivity index (χ2n) is 5.12. The third-order valence-corrected chi connectivity index (χ3v) is 4.34. The van der Waals surface area contributed by atoms with E-state index < -0.39 is 0 Å². The zero-order valence-corrected chi connectivity index (χ0v) is 13.5. The topological polar surface area (TPSA) is 34.0 Å². The summed E-state index contributed by atoms with van der Waals surface area (Å²) < 4.78 is 2.01. The van der Waals surface area contributed by atoms with Gasteiger partial charge >= 0.3 is 0 Å². The highest BCUT2D eigenvalue weighted by Gasteiger charge is 2.07. The summed E-state index contributed by atoms with van der Waals surface area (Å²) in [7, 11) is 4.11. The summed E-state index contributed by atoms with van der Waals surface area (Å²) in [4.78, 5) is 10.9. The Bertz CT molecular complexity index is 737. The molecule has 0 fully saturated rings. The van der Waals surface area contributed by atoms with Gasteiger partial charge in [0.2, 0.25) is 0 Å². The van der Waals surface area contributed by atoms with Crippen LogP contribution in [0.3, 0.4) is 0 Å². The molecule has 5 heteroatoms. The van der Waals surface area contributed by atoms with Crippen molar-refractivity contribution in [2.75, 3.05) is 19.0 Å². The fraction of sp³-hybridized carbons (Fsp3) is 0.176. The molecule has 2 aromatic heterocycles. The van der Waals surface area contributed by atoms with Gasteiger partial charge in [0.1, 0.15) is 5.82 Å². The molecule has 0 aliphatic rings. The minimum Gasteiger partial charge on any atom is -0.378 e. The van der Waals surface area contributed by atoms with Crippen LogP contribution in [0.15, 0.2) is 66.2 Å². The van der Waals surface area contributed by atoms with Crippen molar-refractivity contribution in [3.05, 3.63) is 66.6 Å². The highest BCUT2D eigenvalue weighted by molar-refractivity contribution is 7.98. The molecular formula is C17H18N4S. The van der Waals surface area contributed by atoms with Crippen LogP contribution in [0, 0.1) is 0 Å². The first-order valence-corrected chi connectivity index (χ1v) is 8.06. The number of imidazole rings is 1. The standard InChI is InChI=1S/C17H18N4S/c1-20(2)15-7-5-6-14(12-15)13-22-17-19-10-11-21(17)16-8-3-4-9-18-16/h3-12H,13H2,1-2H3. The lowest BCUT2D eigenvalue weighted by Crippen LogP contribution is -2.08. The summed E-state index contributed by atoms with van der Waals surface area (Å²) in [6.07, 6.45) is 5.55. The highest BCUT2D eigenvalue weighted by Crippen LogP contribution is 2.25. The van der Waals surface area contributed by atoms with Crippen LogP contribution in [0.5, 0.6) is 0 Å². The lowest BCUT2D eigenvalue weighted by atomic mass is 10.2. The van der Waals surface area contributed by atoms with E-state index in [0.717, 1.165) is 16.7 Å². The van der Waals surface area contributed by atoms with Crippen molar-refractivity contribution in [2.24, 2.45) is 0 Å². The van der Waals surface area contributed by atoms with Crippen molar-refractivity contribution in [1.82, 2.24) is 14.5 Å². The van der Waals surface area contributed by atoms with Gasteiger partial charge in [-0.2, -0.15) is 0 Å². The van der Waals surface area contributed by atoms with Gasteiger partial charge in [0.15, 0.2) is 5.16 Å². The van der Waals surface area contributed by atoms with Crippen molar-refractivity contribution in [3.63, 3.8) is 0 Å². The van der Waals surface area contributed by atoms with E-state index in [1.54, 1.807) is 18.0 Å². The Morgan fingerprint density at radius 3 is 2.73 bits per heavy atom. The number of pyridine rings is 1. The molecule has 4 nitrogen and oxygen atoms in total. The van der Waals surface area contributed by atoms with E-state index in [9.17, 15) is 0 Å². The van der Waals surface area contributed by atoms with Gasteiger partial charge < -0.3 is 4.90 Å². The average Bonchev–Trinajstić information content (AvgIpc) is 3.02. The fourth-order valence-electron chi connectivity index (χ4n) is 2.14. The van der Waals surface area contributed by atoms with Crippen molar-refractivity contribution in [2.45, 2.75) is 10.9 Å². The van der Waals surface area contributed by atoms with Gasteiger partial charge in [0.25, 0.3) is 0 Å². The van der Waals surface area contributed by atoms with Crippen LogP contribution in [-0.2, 0) is 5.75 Å². The number of thioether (sulfide) groups is 1. The Labute approximate surface area is 134 Å². The number of hydrogen-bond acceptors (Lipinski definition) is 4. The quantitative estimate of drug-likeness (QED) is 0.674. The van der Waals surface area contributed by atoms with E-state index in [2.05, 4.69) is 53.2 Å². The van der Waals surface area contributed by atoms with Crippen LogP contribution < -0.4 is 4.90 Å². The molecule has 0 saturated carbocycles. The molecule has 0 atom stereocenters. The SMILES string of the molecule is CN(C)c1cccc(CSc2nccn2-c2ccccn2)c1. The largest absolute Gasteiger partial charge is 0.378 e. The molecular weight excluding hydrogens is 292 g/mol. The maximum atomic E-state index is 4.44. The Hall–Kier alpha value is -2.27. The van der Waals surface area contributed by atoms with Crippen LogP contribution in [0.25, 0.3) is 5.82 Å². The summed E-state index contributed by atoms with van der Waals surface area (Å²) >= 11 is 1.72. The summed E-state index contributed by atoms with van der Waals surface area (Å²) in [5.74, 6) is 1.77. The molecule has 0 aliphatic carbocycles. The summed E-state index contributed by atoms with van der Waals surface area (Å²) in [5.41, 5.74) is 2.50. The zero-order chi connectivity index (χ0) is 15.4. The smallest absolute Gasteiger partial charge is 0.174 e. The molecule has 3 aromatic rings. The van der Waals surface area contributed by atoms with E-state index in [4.69, 9.17) is 0 Å². The van der Waals surface area contributed by atoms with E-state index in [0.29, 0.717) is 0 Å². The lowest BCUT2D eigenvalue weighted by molar-refractivity contribution is 0.863. The molecule has 0 saturated heterocycles. The van der Waals surface area contributed by atoms with Crippen molar-refractivity contribution in [3.8, 4) is 5.82 Å². The van der Waals surface area contributed by atoms with Gasteiger partial charge in [0, 0.05) is 44.1 Å². The number of anilines is 1.